The van der Waals surface area contributed by atoms with Crippen LogP contribution in [0.2, 0.25) is 0 Å². The van der Waals surface area contributed by atoms with E-state index in [9.17, 15) is 0 Å². The number of halogens is 1. The van der Waals surface area contributed by atoms with E-state index in [0.29, 0.717) is 0 Å². The Kier molecular flexibility index (Phi) is 13.9. The third kappa shape index (κ3) is 10.8. The molecule has 4 heteroatoms. The van der Waals surface area contributed by atoms with E-state index >= 15 is 0 Å². The predicted octanol–water partition coefficient (Wildman–Crippen LogP) is 2.97. The first-order valence-electron chi connectivity index (χ1n) is 11.3. The van der Waals surface area contributed by atoms with Gasteiger partial charge >= 0.3 is 0 Å². The van der Waals surface area contributed by atoms with Crippen LogP contribution in [0.5, 0.6) is 5.75 Å². The first-order valence-corrected chi connectivity index (χ1v) is 11.3. The SMILES string of the molecule is CCCCCCCCCCCCOc1ccc(C[N+]2(C)CCOCC2)cc1.[Br-]. The van der Waals surface area contributed by atoms with Crippen LogP contribution in [0.4, 0.5) is 0 Å². The molecule has 28 heavy (non-hydrogen) atoms. The number of nitrogens with zero attached hydrogens (tertiary/aromatic N) is 1. The highest BCUT2D eigenvalue weighted by molar-refractivity contribution is 5.26. The Bertz CT molecular complexity index is 486. The van der Waals surface area contributed by atoms with Crippen molar-refractivity contribution in [1.82, 2.24) is 0 Å². The maximum atomic E-state index is 5.92. The van der Waals surface area contributed by atoms with Crippen LogP contribution in [0.25, 0.3) is 0 Å². The van der Waals surface area contributed by atoms with Crippen LogP contribution in [0, 0.1) is 0 Å². The number of quaternary nitrogens is 1. The molecule has 1 aliphatic heterocycles. The van der Waals surface area contributed by atoms with Crippen LogP contribution in [0.3, 0.4) is 0 Å². The van der Waals surface area contributed by atoms with Crippen LogP contribution in [-0.4, -0.2) is 44.4 Å². The quantitative estimate of drug-likeness (QED) is 0.317. The summed E-state index contributed by atoms with van der Waals surface area (Å²) in [4.78, 5) is 0. The van der Waals surface area contributed by atoms with E-state index in [1.165, 1.54) is 69.8 Å². The van der Waals surface area contributed by atoms with E-state index in [1.54, 1.807) is 0 Å². The number of unbranched alkanes of at least 4 members (excludes halogenated alkanes) is 9. The molecule has 0 spiro atoms. The normalized spacial score (nSPS) is 15.8. The van der Waals surface area contributed by atoms with E-state index in [0.717, 1.165) is 49.7 Å². The third-order valence-electron chi connectivity index (χ3n) is 5.81. The first-order chi connectivity index (χ1) is 13.2. The van der Waals surface area contributed by atoms with Gasteiger partial charge < -0.3 is 30.9 Å². The second kappa shape index (κ2) is 15.3. The highest BCUT2D eigenvalue weighted by atomic mass is 79.9. The lowest BCUT2D eigenvalue weighted by molar-refractivity contribution is -0.929. The van der Waals surface area contributed by atoms with Gasteiger partial charge in [-0.25, -0.2) is 0 Å². The number of morpholine rings is 1. The molecule has 0 amide bonds. The largest absolute Gasteiger partial charge is 1.00 e. The Balaban J connectivity index is 0.00000392. The highest BCUT2D eigenvalue weighted by Gasteiger charge is 2.25. The second-order valence-electron chi connectivity index (χ2n) is 8.51. The minimum Gasteiger partial charge on any atom is -1.00 e. The van der Waals surface area contributed by atoms with Gasteiger partial charge in [0, 0.05) is 5.56 Å². The molecule has 162 valence electrons. The molecule has 1 aliphatic rings. The van der Waals surface area contributed by atoms with E-state index in [-0.39, 0.29) is 17.0 Å². The van der Waals surface area contributed by atoms with Crippen molar-refractivity contribution in [2.75, 3.05) is 40.0 Å². The van der Waals surface area contributed by atoms with Crippen molar-refractivity contribution in [2.45, 2.75) is 77.7 Å². The Labute approximate surface area is 184 Å². The van der Waals surface area contributed by atoms with E-state index in [1.807, 2.05) is 0 Å². The zero-order valence-corrected chi connectivity index (χ0v) is 19.9. The molecule has 0 bridgehead atoms. The molecule has 0 aliphatic carbocycles. The van der Waals surface area contributed by atoms with Crippen molar-refractivity contribution in [3.05, 3.63) is 29.8 Å². The smallest absolute Gasteiger partial charge is 0.119 e. The van der Waals surface area contributed by atoms with Gasteiger partial charge in [0.1, 0.15) is 25.4 Å². The zero-order valence-electron chi connectivity index (χ0n) is 18.3. The third-order valence-corrected chi connectivity index (χ3v) is 5.81. The minimum absolute atomic E-state index is 0. The van der Waals surface area contributed by atoms with Crippen LogP contribution >= 0.6 is 0 Å². The molecule has 1 fully saturated rings. The molecule has 0 radical (unpaired) electrons. The molecule has 0 aromatic heterocycles. The molecule has 1 heterocycles. The minimum atomic E-state index is 0. The average molecular weight is 457 g/mol. The van der Waals surface area contributed by atoms with Gasteiger partial charge in [-0.2, -0.15) is 0 Å². The lowest BCUT2D eigenvalue weighted by Gasteiger charge is -2.37. The van der Waals surface area contributed by atoms with Gasteiger partial charge in [0.05, 0.1) is 26.9 Å². The molecule has 1 aromatic carbocycles. The van der Waals surface area contributed by atoms with Crippen LogP contribution < -0.4 is 21.7 Å². The summed E-state index contributed by atoms with van der Waals surface area (Å²) in [5.41, 5.74) is 1.39. The Morgan fingerprint density at radius 3 is 1.93 bits per heavy atom. The summed E-state index contributed by atoms with van der Waals surface area (Å²) in [6.07, 6.45) is 13.7. The number of likely N-dealkylation sites (N-methyl/N-ethyl adjacent to an activating group) is 1. The summed E-state index contributed by atoms with van der Waals surface area (Å²) >= 11 is 0. The number of benzene rings is 1. The molecule has 0 atom stereocenters. The van der Waals surface area contributed by atoms with Gasteiger partial charge in [-0.05, 0) is 30.7 Å². The van der Waals surface area contributed by atoms with Crippen molar-refractivity contribution < 1.29 is 30.9 Å². The summed E-state index contributed by atoms with van der Waals surface area (Å²) in [6.45, 7) is 8.20. The first kappa shape index (κ1) is 25.5. The number of hydrogen-bond acceptors (Lipinski definition) is 2. The number of rotatable bonds is 14. The topological polar surface area (TPSA) is 18.5 Å². The summed E-state index contributed by atoms with van der Waals surface area (Å²) in [7, 11) is 2.33. The van der Waals surface area contributed by atoms with Gasteiger partial charge in [-0.3, -0.25) is 0 Å². The predicted molar refractivity (Wildman–Crippen MR) is 114 cm³/mol. The van der Waals surface area contributed by atoms with E-state index < -0.39 is 0 Å². The fourth-order valence-corrected chi connectivity index (χ4v) is 3.85. The molecule has 2 rings (SSSR count). The highest BCUT2D eigenvalue weighted by Crippen LogP contribution is 2.18. The fraction of sp³-hybridized carbons (Fsp3) is 0.750. The Hall–Kier alpha value is -0.580. The van der Waals surface area contributed by atoms with Gasteiger partial charge in [0.15, 0.2) is 0 Å². The van der Waals surface area contributed by atoms with Gasteiger partial charge in [0.25, 0.3) is 0 Å². The molecule has 1 aromatic rings. The van der Waals surface area contributed by atoms with Crippen molar-refractivity contribution in [3.8, 4) is 5.75 Å². The van der Waals surface area contributed by atoms with Gasteiger partial charge in [-0.15, -0.1) is 0 Å². The van der Waals surface area contributed by atoms with Gasteiger partial charge in [-0.1, -0.05) is 64.7 Å². The number of ether oxygens (including phenoxy) is 2. The summed E-state index contributed by atoms with van der Waals surface area (Å²) < 4.78 is 12.5. The Morgan fingerprint density at radius 2 is 1.36 bits per heavy atom. The Morgan fingerprint density at radius 1 is 0.821 bits per heavy atom. The fourth-order valence-electron chi connectivity index (χ4n) is 3.85. The standard InChI is InChI=1S/C24H42NO2.BrH/c1-3-4-5-6-7-8-9-10-11-12-19-27-24-15-13-23(14-16-24)22-25(2)17-20-26-21-18-25;/h13-16H,3-12,17-22H2,1-2H3;1H/q+1;/p-1. The van der Waals surface area contributed by atoms with E-state index in [4.69, 9.17) is 9.47 Å². The molecule has 0 saturated carbocycles. The van der Waals surface area contributed by atoms with Gasteiger partial charge in [0.2, 0.25) is 0 Å². The second-order valence-corrected chi connectivity index (χ2v) is 8.51. The van der Waals surface area contributed by atoms with Crippen LogP contribution in [0.15, 0.2) is 24.3 Å². The maximum absolute atomic E-state index is 5.92. The molecule has 1 saturated heterocycles. The van der Waals surface area contributed by atoms with Crippen molar-refractivity contribution in [2.24, 2.45) is 0 Å². The average Bonchev–Trinajstić information content (AvgIpc) is 2.68. The number of hydrogen-bond donors (Lipinski definition) is 0. The molecule has 3 nitrogen and oxygen atoms in total. The maximum Gasteiger partial charge on any atom is 0.119 e. The monoisotopic (exact) mass is 455 g/mol. The summed E-state index contributed by atoms with van der Waals surface area (Å²) in [6, 6.07) is 8.73. The van der Waals surface area contributed by atoms with Crippen molar-refractivity contribution >= 4 is 0 Å². The lowest BCUT2D eigenvalue weighted by Crippen LogP contribution is -3.00. The van der Waals surface area contributed by atoms with Crippen LogP contribution in [-0.2, 0) is 11.3 Å². The molecule has 0 unspecified atom stereocenters. The lowest BCUT2D eigenvalue weighted by atomic mass is 10.1. The molecular weight excluding hydrogens is 414 g/mol. The van der Waals surface area contributed by atoms with Crippen molar-refractivity contribution in [3.63, 3.8) is 0 Å². The zero-order chi connectivity index (χ0) is 19.2. The molecule has 0 N–H and O–H groups in total. The van der Waals surface area contributed by atoms with Crippen LogP contribution in [0.1, 0.15) is 76.7 Å². The summed E-state index contributed by atoms with van der Waals surface area (Å²) in [5.74, 6) is 1.01. The molecular formula is C24H42BrNO2. The summed E-state index contributed by atoms with van der Waals surface area (Å²) in [5, 5.41) is 0. The van der Waals surface area contributed by atoms with Crippen molar-refractivity contribution in [1.29, 1.82) is 0 Å². The van der Waals surface area contributed by atoms with E-state index in [2.05, 4.69) is 38.2 Å².